The lowest BCUT2D eigenvalue weighted by molar-refractivity contribution is -0.104. The van der Waals surface area contributed by atoms with Crippen LogP contribution in [0.2, 0.25) is 0 Å². The van der Waals surface area contributed by atoms with Crippen molar-refractivity contribution in [1.29, 1.82) is 0 Å². The first-order chi connectivity index (χ1) is 6.22. The lowest BCUT2D eigenvalue weighted by Crippen LogP contribution is -2.15. The van der Waals surface area contributed by atoms with Crippen molar-refractivity contribution in [3.8, 4) is 0 Å². The average Bonchev–Trinajstić information content (AvgIpc) is 2.19. The van der Waals surface area contributed by atoms with Crippen LogP contribution in [0.3, 0.4) is 0 Å². The van der Waals surface area contributed by atoms with Crippen LogP contribution in [0, 0.1) is 0 Å². The zero-order valence-electron chi connectivity index (χ0n) is 7.59. The number of allylic oxidation sites excluding steroid dienone is 1. The van der Waals surface area contributed by atoms with Gasteiger partial charge in [0.2, 0.25) is 0 Å². The molecule has 0 unspecified atom stereocenters. The molecule has 4 heteroatoms. The number of aldehydes is 1. The minimum absolute atomic E-state index is 0.0995. The van der Waals surface area contributed by atoms with Crippen molar-refractivity contribution in [3.05, 3.63) is 11.6 Å². The fraction of sp³-hybridized carbons (Fsp3) is 0.556. The Morgan fingerprint density at radius 1 is 1.54 bits per heavy atom. The first kappa shape index (κ1) is 11.8. The Hall–Kier alpha value is 0.710. The minimum atomic E-state index is -0.0995. The molecule has 0 spiro atoms. The van der Waals surface area contributed by atoms with Gasteiger partial charge in [-0.05, 0) is 36.5 Å². The van der Waals surface area contributed by atoms with E-state index in [-0.39, 0.29) is 22.8 Å². The number of hydrogen-bond donors (Lipinski definition) is 0. The molecule has 1 nitrogen and oxygen atoms in total. The van der Waals surface area contributed by atoms with Gasteiger partial charge in [0.05, 0.1) is 0 Å². The number of hydrogen-bond acceptors (Lipinski definition) is 3. The number of thioether (sulfide) groups is 2. The van der Waals surface area contributed by atoms with Crippen molar-refractivity contribution in [2.45, 2.75) is 15.4 Å². The zero-order valence-corrected chi connectivity index (χ0v) is 11.4. The monoisotopic (exact) mass is 328 g/mol. The molecule has 0 atom stereocenters. The van der Waals surface area contributed by atoms with Gasteiger partial charge in [-0.1, -0.05) is 25.2 Å². The van der Waals surface area contributed by atoms with Crippen LogP contribution in [0.15, 0.2) is 11.6 Å². The lowest BCUT2D eigenvalue weighted by atomic mass is 10.3. The van der Waals surface area contributed by atoms with Gasteiger partial charge in [-0.15, -0.1) is 23.5 Å². The topological polar surface area (TPSA) is 17.1 Å². The van der Waals surface area contributed by atoms with Gasteiger partial charge in [-0.25, -0.2) is 0 Å². The predicted molar refractivity (Wildman–Crippen MR) is 73.2 cm³/mol. The molecule has 0 N–H and O–H groups in total. The summed E-state index contributed by atoms with van der Waals surface area (Å²) in [6, 6.07) is 0. The molecule has 74 valence electrons. The Bertz CT molecular complexity index is 232. The van der Waals surface area contributed by atoms with E-state index in [2.05, 4.69) is 10.6 Å². The molecule has 1 saturated heterocycles. The first-order valence-electron chi connectivity index (χ1n) is 4.04. The molecule has 0 aromatic carbocycles. The molecule has 1 rings (SSSR count). The van der Waals surface area contributed by atoms with Gasteiger partial charge in [0.1, 0.15) is 8.37 Å². The van der Waals surface area contributed by atoms with Crippen molar-refractivity contribution in [1.82, 2.24) is 0 Å². The molecule has 0 bridgehead atoms. The van der Waals surface area contributed by atoms with Gasteiger partial charge in [0, 0.05) is 0 Å². The second-order valence-corrected chi connectivity index (χ2v) is 9.64. The van der Waals surface area contributed by atoms with Gasteiger partial charge in [-0.2, -0.15) is 0 Å². The van der Waals surface area contributed by atoms with Gasteiger partial charge >= 0.3 is 0 Å². The van der Waals surface area contributed by atoms with Crippen LogP contribution >= 0.6 is 44.3 Å². The van der Waals surface area contributed by atoms with E-state index in [1.54, 1.807) is 0 Å². The van der Waals surface area contributed by atoms with Crippen LogP contribution in [0.25, 0.3) is 0 Å². The molecule has 1 fully saturated rings. The maximum atomic E-state index is 10.5. The van der Waals surface area contributed by atoms with E-state index in [0.29, 0.717) is 0 Å². The summed E-state index contributed by atoms with van der Waals surface area (Å²) < 4.78 is 4.26. The highest BCUT2D eigenvalue weighted by atomic mass is 127. The third kappa shape index (κ3) is 3.40. The van der Waals surface area contributed by atoms with E-state index in [9.17, 15) is 4.79 Å². The molecular weight excluding hydrogens is 315 g/mol. The number of carbonyl (C=O) groups excluding carboxylic acids is 1. The van der Waals surface area contributed by atoms with Crippen LogP contribution in [-0.2, 0) is 4.79 Å². The minimum Gasteiger partial charge on any atom is -0.298 e. The fourth-order valence-corrected chi connectivity index (χ4v) is 7.22. The Kier molecular flexibility index (Phi) is 5.04. The van der Waals surface area contributed by atoms with E-state index >= 15 is 0 Å². The van der Waals surface area contributed by atoms with Crippen molar-refractivity contribution in [2.24, 2.45) is 0 Å². The third-order valence-corrected chi connectivity index (χ3v) is 9.08. The maximum Gasteiger partial charge on any atom is 0.145 e. The highest BCUT2D eigenvalue weighted by Crippen LogP contribution is 2.51. The molecule has 1 aliphatic rings. The van der Waals surface area contributed by atoms with Crippen molar-refractivity contribution >= 4 is 55.1 Å². The number of halogens is 1. The molecule has 1 heterocycles. The Balaban J connectivity index is 2.79. The summed E-state index contributed by atoms with van der Waals surface area (Å²) >= 11 is 3.84. The van der Waals surface area contributed by atoms with Gasteiger partial charge in [0.25, 0.3) is 0 Å². The Morgan fingerprint density at radius 3 is 2.62 bits per heavy atom. The summed E-state index contributed by atoms with van der Waals surface area (Å²) in [4.78, 5) is 10.5. The van der Waals surface area contributed by atoms with Gasteiger partial charge in [-0.3, -0.25) is 4.79 Å². The third-order valence-electron chi connectivity index (χ3n) is 1.66. The summed E-state index contributed by atoms with van der Waals surface area (Å²) in [5.74, 6) is 2.43. The highest BCUT2D eigenvalue weighted by Gasteiger charge is 2.28. The summed E-state index contributed by atoms with van der Waals surface area (Å²) in [6.45, 7) is 1.88. The molecule has 0 aromatic heterocycles. The molecule has 1 aliphatic heterocycles. The van der Waals surface area contributed by atoms with Crippen molar-refractivity contribution < 1.29 is 4.79 Å². The molecule has 0 radical (unpaired) electrons. The predicted octanol–water partition coefficient (Wildman–Crippen LogP) is 3.06. The molecule has 0 aliphatic carbocycles. The number of rotatable bonds is 3. The van der Waals surface area contributed by atoms with E-state index in [0.717, 1.165) is 11.9 Å². The van der Waals surface area contributed by atoms with E-state index < -0.39 is 0 Å². The molecule has 0 saturated carbocycles. The number of alkyl halides is 1. The molecule has 0 aromatic rings. The van der Waals surface area contributed by atoms with Crippen LogP contribution in [-0.4, -0.2) is 24.4 Å². The van der Waals surface area contributed by atoms with E-state index in [1.807, 2.05) is 30.4 Å². The smallest absolute Gasteiger partial charge is 0.145 e. The second-order valence-electron chi connectivity index (χ2n) is 2.77. The second kappa shape index (κ2) is 5.56. The Morgan fingerprint density at radius 2 is 2.15 bits per heavy atom. The molecule has 0 amide bonds. The van der Waals surface area contributed by atoms with Crippen molar-refractivity contribution in [2.75, 3.05) is 11.5 Å². The summed E-state index contributed by atoms with van der Waals surface area (Å²) in [5, 5.41) is 0. The highest BCUT2D eigenvalue weighted by molar-refractivity contribution is 14.2. The van der Waals surface area contributed by atoms with Gasteiger partial charge in [0.15, 0.2) is 0 Å². The molecule has 13 heavy (non-hydrogen) atoms. The summed E-state index contributed by atoms with van der Waals surface area (Å²) in [5.41, 5.74) is 0.852. The van der Waals surface area contributed by atoms with E-state index in [4.69, 9.17) is 0 Å². The average molecular weight is 328 g/mol. The van der Waals surface area contributed by atoms with Crippen LogP contribution < -0.4 is 0 Å². The van der Waals surface area contributed by atoms with Crippen LogP contribution in [0.4, 0.5) is 0 Å². The lowest BCUT2D eigenvalue weighted by Gasteiger charge is -2.29. The normalized spacial score (nSPS) is 22.7. The van der Waals surface area contributed by atoms with Crippen molar-refractivity contribution in [3.63, 3.8) is 0 Å². The Labute approximate surface area is 97.9 Å². The fourth-order valence-electron chi connectivity index (χ4n) is 1.03. The standard InChI is InChI=1S/C9H13IOS2/c1-8(7-11)6-9(10-2)12-4-3-5-13-9/h6-7H,2-5H2,1H3/b8-6+. The summed E-state index contributed by atoms with van der Waals surface area (Å²) in [7, 11) is 0. The largest absolute Gasteiger partial charge is 0.298 e. The van der Waals surface area contributed by atoms with Gasteiger partial charge < -0.3 is 0 Å². The maximum absolute atomic E-state index is 10.5. The first-order valence-corrected chi connectivity index (χ1v) is 8.62. The molecular formula is C9H13IOS2. The zero-order chi connectivity index (χ0) is 9.73. The SMILES string of the molecule is C=IC1(/C=C(\C)C=O)SCCCS1. The number of carbonyl (C=O) groups is 1. The summed E-state index contributed by atoms with van der Waals surface area (Å²) in [6.07, 6.45) is 4.35. The van der Waals surface area contributed by atoms with Crippen LogP contribution in [0.1, 0.15) is 13.3 Å². The quantitative estimate of drug-likeness (QED) is 0.343. The van der Waals surface area contributed by atoms with Crippen LogP contribution in [0.5, 0.6) is 0 Å². The van der Waals surface area contributed by atoms with E-state index in [1.165, 1.54) is 17.9 Å².